The van der Waals surface area contributed by atoms with Crippen LogP contribution < -0.4 is 58.5 Å². The maximum Gasteiger partial charge on any atom is 0.315 e. The summed E-state index contributed by atoms with van der Waals surface area (Å²) in [6, 6.07) is 0.939. The predicted molar refractivity (Wildman–Crippen MR) is 283 cm³/mol. The van der Waals surface area contributed by atoms with Gasteiger partial charge < -0.3 is 58.5 Å². The second-order valence-electron chi connectivity index (χ2n) is 15.7. The monoisotopic (exact) mass is 1010 g/mol. The molecule has 18 nitrogen and oxygen atoms in total. The Hall–Kier alpha value is -2.95. The quantitative estimate of drug-likeness (QED) is 0.0441. The fourth-order valence-electron chi connectivity index (χ4n) is 7.44. The van der Waals surface area contributed by atoms with Crippen LogP contribution in [-0.2, 0) is 19.2 Å². The van der Waals surface area contributed by atoms with Gasteiger partial charge in [0.1, 0.15) is 0 Å². The highest BCUT2D eigenvalue weighted by molar-refractivity contribution is 8.00. The lowest BCUT2D eigenvalue weighted by Gasteiger charge is -2.16. The van der Waals surface area contributed by atoms with Crippen LogP contribution in [0.2, 0.25) is 0 Å². The van der Waals surface area contributed by atoms with Gasteiger partial charge in [-0.2, -0.15) is 47.9 Å². The number of unbranched alkanes of at least 4 members (excludes halogenated alkanes) is 1. The number of carbonyl (C=O) groups is 7. The molecule has 10 atom stereocenters. The average molecular weight is 1010 g/mol. The van der Waals surface area contributed by atoms with Crippen molar-refractivity contribution in [2.45, 2.75) is 181 Å². The van der Waals surface area contributed by atoms with E-state index in [1.165, 1.54) is 0 Å². The van der Waals surface area contributed by atoms with E-state index in [-0.39, 0.29) is 138 Å². The number of rotatable bonds is 21. The lowest BCUT2D eigenvalue weighted by Crippen LogP contribution is -2.40. The molecule has 0 aromatic carbocycles. The van der Waals surface area contributed by atoms with Gasteiger partial charge in [0, 0.05) is 96.7 Å². The molecule has 6 fully saturated rings. The van der Waals surface area contributed by atoms with E-state index >= 15 is 0 Å². The highest BCUT2D eigenvalue weighted by atomic mass is 32.2. The number of urea groups is 3. The van der Waals surface area contributed by atoms with Crippen LogP contribution in [0.25, 0.3) is 0 Å². The minimum absolute atomic E-state index is 0. The van der Waals surface area contributed by atoms with Crippen molar-refractivity contribution < 1.29 is 33.6 Å². The summed E-state index contributed by atoms with van der Waals surface area (Å²) in [5, 5.41) is 32.6. The van der Waals surface area contributed by atoms with Gasteiger partial charge in [0.2, 0.25) is 23.6 Å². The molecule has 22 heteroatoms. The molecule has 0 bridgehead atoms. The molecule has 6 aliphatic rings. The van der Waals surface area contributed by atoms with Crippen molar-refractivity contribution in [3.63, 3.8) is 0 Å². The number of carbonyl (C=O) groups excluding carboxylic acids is 7. The van der Waals surface area contributed by atoms with Gasteiger partial charge in [-0.1, -0.05) is 64.8 Å². The number of nitrogens with one attached hydrogen (secondary N) is 11. The van der Waals surface area contributed by atoms with Crippen LogP contribution in [0.15, 0.2) is 0 Å². The second-order valence-corrected chi connectivity index (χ2v) is 19.9. The SMILES string of the molecule is C.C.C.C.C.C.CCC(C)NCCCNC(=O)CC1SC[C@H]2NC(=O)N[C@@H]12.CCCCNC(=O)CC1SC[C@H]2NC(=O)N[C@@H]12.O=C(CCCNC(=O)CC1SC[C@H]2NC(=O)N[C@@H]12)NCCS. The Morgan fingerprint density at radius 3 is 1.27 bits per heavy atom. The fourth-order valence-corrected chi connectivity index (χ4v) is 12.0. The molecule has 0 radical (unpaired) electrons. The first kappa shape index (κ1) is 67.3. The van der Waals surface area contributed by atoms with Gasteiger partial charge in [-0.3, -0.25) is 19.2 Å². The molecule has 0 saturated carbocycles. The molecule has 0 aromatic rings. The lowest BCUT2D eigenvalue weighted by molar-refractivity contribution is -0.122. The van der Waals surface area contributed by atoms with Crippen molar-refractivity contribution in [2.24, 2.45) is 0 Å². The van der Waals surface area contributed by atoms with Gasteiger partial charge in [-0.25, -0.2) is 14.4 Å². The number of thiol groups is 1. The highest BCUT2D eigenvalue weighted by Gasteiger charge is 2.45. The summed E-state index contributed by atoms with van der Waals surface area (Å²) in [6.45, 7) is 9.86. The fraction of sp³-hybridized carbons (Fsp3) is 0.841. The number of fused-ring (bicyclic) bond motifs is 3. The van der Waals surface area contributed by atoms with Crippen LogP contribution in [0.5, 0.6) is 0 Å². The smallest absolute Gasteiger partial charge is 0.315 e. The molecule has 66 heavy (non-hydrogen) atoms. The standard InChI is InChI=1S/C14H26N4O2S.C13H22N4O3S2.C11H19N3O2S.6CH4/c1-3-9(2)15-5-4-6-16-12(19)7-11-13-10(8-21-11)17-14(20)18-13;18-10(15-4-5-21)2-1-3-14-11(19)6-9-12-8(7-22-9)16-13(20)17-12;1-2-3-4-12-9(15)5-8-10-7(6-17-8)13-11(16)14-10;;;;;;/h9-11,13,15H,3-8H2,1-2H3,(H,16,19)(H2,17,18,20);8-9,12,21H,1-7H2,(H,14,19)(H,15,18)(H2,16,17,20);7-8,10H,2-6H2,1H3,(H,12,15)(H2,13,14,16);6*1H4/t9?,10-,11?,13-;8-,9?,12-;7-,8?,10-;;;;;;/m111....../s1. The molecular formula is C44H91N11O7S4. The van der Waals surface area contributed by atoms with E-state index in [1.807, 2.05) is 0 Å². The van der Waals surface area contributed by atoms with Crippen molar-refractivity contribution in [1.29, 1.82) is 0 Å². The lowest BCUT2D eigenvalue weighted by atomic mass is 10.1. The van der Waals surface area contributed by atoms with Gasteiger partial charge in [0.25, 0.3) is 0 Å². The van der Waals surface area contributed by atoms with Gasteiger partial charge in [0.05, 0.1) is 36.3 Å². The number of hydrogen-bond acceptors (Lipinski definition) is 12. The minimum Gasteiger partial charge on any atom is -0.356 e. The van der Waals surface area contributed by atoms with E-state index in [4.69, 9.17) is 0 Å². The van der Waals surface area contributed by atoms with Crippen molar-refractivity contribution in [3.8, 4) is 0 Å². The predicted octanol–water partition coefficient (Wildman–Crippen LogP) is 4.20. The first-order valence-electron chi connectivity index (χ1n) is 21.4. The number of amides is 10. The molecule has 6 heterocycles. The summed E-state index contributed by atoms with van der Waals surface area (Å²) in [5.74, 6) is 3.38. The zero-order valence-corrected chi connectivity index (χ0v) is 38.4. The minimum atomic E-state index is -0.145. The third-order valence-corrected chi connectivity index (χ3v) is 15.5. The van der Waals surface area contributed by atoms with Crippen molar-refractivity contribution in [1.82, 2.24) is 58.5 Å². The molecule has 10 amide bonds. The zero-order valence-electron chi connectivity index (χ0n) is 35.0. The van der Waals surface area contributed by atoms with E-state index in [1.54, 1.807) is 35.3 Å². The number of hydrogen-bond donors (Lipinski definition) is 12. The van der Waals surface area contributed by atoms with Gasteiger partial charge >= 0.3 is 18.1 Å². The van der Waals surface area contributed by atoms with Crippen LogP contribution >= 0.6 is 47.9 Å². The Bertz CT molecular complexity index is 1460. The topological polar surface area (TPSA) is 252 Å². The third-order valence-electron chi connectivity index (χ3n) is 10.9. The van der Waals surface area contributed by atoms with Crippen LogP contribution in [0.3, 0.4) is 0 Å². The molecule has 0 spiro atoms. The Balaban J connectivity index is -0.000000869. The first-order chi connectivity index (χ1) is 28.9. The summed E-state index contributed by atoms with van der Waals surface area (Å²) >= 11 is 9.25. The molecule has 4 unspecified atom stereocenters. The van der Waals surface area contributed by atoms with Crippen LogP contribution in [0.1, 0.15) is 123 Å². The maximum absolute atomic E-state index is 11.9. The van der Waals surface area contributed by atoms with Crippen molar-refractivity contribution >= 4 is 89.6 Å². The Labute approximate surface area is 416 Å². The maximum atomic E-state index is 11.9. The Morgan fingerprint density at radius 1 is 0.545 bits per heavy atom. The highest BCUT2D eigenvalue weighted by Crippen LogP contribution is 2.33. The molecule has 0 aliphatic carbocycles. The molecule has 0 aromatic heterocycles. The first-order valence-corrected chi connectivity index (χ1v) is 25.1. The normalized spacial score (nSPS) is 25.7. The molecular weight excluding hydrogens is 923 g/mol. The Morgan fingerprint density at radius 2 is 0.909 bits per heavy atom. The molecule has 388 valence electrons. The van der Waals surface area contributed by atoms with E-state index < -0.39 is 0 Å². The summed E-state index contributed by atoms with van der Waals surface area (Å²) in [5.41, 5.74) is 0. The molecule has 6 rings (SSSR count). The summed E-state index contributed by atoms with van der Waals surface area (Å²) < 4.78 is 0. The van der Waals surface area contributed by atoms with Crippen LogP contribution in [-0.4, -0.2) is 155 Å². The molecule has 6 aliphatic heterocycles. The van der Waals surface area contributed by atoms with Crippen LogP contribution in [0, 0.1) is 0 Å². The van der Waals surface area contributed by atoms with Crippen molar-refractivity contribution in [2.75, 3.05) is 55.7 Å². The average Bonchev–Trinajstić information content (AvgIpc) is 4.07. The largest absolute Gasteiger partial charge is 0.356 e. The van der Waals surface area contributed by atoms with Gasteiger partial charge in [-0.15, -0.1) is 0 Å². The third kappa shape index (κ3) is 22.9. The second kappa shape index (κ2) is 36.1. The van der Waals surface area contributed by atoms with Crippen molar-refractivity contribution in [3.05, 3.63) is 0 Å². The Kier molecular flexibility index (Phi) is 36.8. The number of thioether (sulfide) groups is 3. The molecule has 11 N–H and O–H groups in total. The van der Waals surface area contributed by atoms with E-state index in [9.17, 15) is 33.6 Å². The summed E-state index contributed by atoms with van der Waals surface area (Å²) in [6.07, 6.45) is 6.55. The van der Waals surface area contributed by atoms with Gasteiger partial charge in [0.15, 0.2) is 0 Å². The molecule has 6 saturated heterocycles. The van der Waals surface area contributed by atoms with E-state index in [0.717, 1.165) is 56.0 Å². The zero-order chi connectivity index (χ0) is 43.4. The summed E-state index contributed by atoms with van der Waals surface area (Å²) in [7, 11) is 0. The van der Waals surface area contributed by atoms with E-state index in [0.29, 0.717) is 63.5 Å². The van der Waals surface area contributed by atoms with Gasteiger partial charge in [-0.05, 0) is 39.2 Å². The summed E-state index contributed by atoms with van der Waals surface area (Å²) in [4.78, 5) is 80.6. The van der Waals surface area contributed by atoms with Crippen LogP contribution in [0.4, 0.5) is 14.4 Å². The van der Waals surface area contributed by atoms with E-state index in [2.05, 4.69) is 91.9 Å².